The highest BCUT2D eigenvalue weighted by Crippen LogP contribution is 2.28. The Morgan fingerprint density at radius 3 is 3.00 bits per heavy atom. The van der Waals surface area contributed by atoms with Crippen LogP contribution in [0, 0.1) is 11.8 Å². The van der Waals surface area contributed by atoms with Crippen molar-refractivity contribution in [1.82, 2.24) is 5.32 Å². The number of hydrogen-bond acceptors (Lipinski definition) is 3. The number of ether oxygens (including phenoxy) is 2. The Bertz CT molecular complexity index is 175. The molecular weight excluding hydrogens is 202 g/mol. The van der Waals surface area contributed by atoms with Crippen LogP contribution in [0.4, 0.5) is 0 Å². The fraction of sp³-hybridized carbons (Fsp3) is 1.00. The Morgan fingerprint density at radius 2 is 2.31 bits per heavy atom. The van der Waals surface area contributed by atoms with E-state index in [2.05, 4.69) is 19.2 Å². The van der Waals surface area contributed by atoms with Gasteiger partial charge in [0.1, 0.15) is 0 Å². The molecule has 1 aliphatic heterocycles. The van der Waals surface area contributed by atoms with E-state index in [1.165, 1.54) is 19.3 Å². The van der Waals surface area contributed by atoms with Crippen LogP contribution >= 0.6 is 0 Å². The summed E-state index contributed by atoms with van der Waals surface area (Å²) in [7, 11) is 1.74. The quantitative estimate of drug-likeness (QED) is 0.646. The molecule has 3 atom stereocenters. The molecule has 1 N–H and O–H groups in total. The lowest BCUT2D eigenvalue weighted by Crippen LogP contribution is -2.33. The third-order valence-corrected chi connectivity index (χ3v) is 3.46. The minimum absolute atomic E-state index is 0.468. The molecule has 16 heavy (non-hydrogen) atoms. The molecule has 0 aromatic carbocycles. The Kier molecular flexibility index (Phi) is 7.01. The fourth-order valence-electron chi connectivity index (χ4n) is 2.58. The molecule has 0 amide bonds. The molecule has 3 heteroatoms. The van der Waals surface area contributed by atoms with Gasteiger partial charge in [-0.25, -0.2) is 0 Å². The van der Waals surface area contributed by atoms with Crippen molar-refractivity contribution in [2.24, 2.45) is 11.8 Å². The SMILES string of the molecule is CCCC(C)C1OCCC1CNCCOC. The largest absolute Gasteiger partial charge is 0.383 e. The van der Waals surface area contributed by atoms with Gasteiger partial charge in [-0.2, -0.15) is 0 Å². The molecule has 1 fully saturated rings. The molecule has 0 spiro atoms. The summed E-state index contributed by atoms with van der Waals surface area (Å²) in [4.78, 5) is 0. The van der Waals surface area contributed by atoms with Gasteiger partial charge in [-0.05, 0) is 24.7 Å². The average Bonchev–Trinajstić information content (AvgIpc) is 2.73. The minimum atomic E-state index is 0.468. The molecule has 1 saturated heterocycles. The zero-order chi connectivity index (χ0) is 11.8. The molecule has 3 unspecified atom stereocenters. The molecular formula is C13H27NO2. The van der Waals surface area contributed by atoms with Crippen molar-refractivity contribution in [2.75, 3.05) is 33.4 Å². The summed E-state index contributed by atoms with van der Waals surface area (Å²) >= 11 is 0. The summed E-state index contributed by atoms with van der Waals surface area (Å²) in [5, 5.41) is 3.45. The molecule has 96 valence electrons. The van der Waals surface area contributed by atoms with Crippen LogP contribution in [0.3, 0.4) is 0 Å². The normalized spacial score (nSPS) is 27.2. The first-order valence-electron chi connectivity index (χ1n) is 6.60. The highest BCUT2D eigenvalue weighted by Gasteiger charge is 2.31. The third-order valence-electron chi connectivity index (χ3n) is 3.46. The standard InChI is InChI=1S/C13H27NO2/c1-4-5-11(2)13-12(6-8-16-13)10-14-7-9-15-3/h11-14H,4-10H2,1-3H3. The van der Waals surface area contributed by atoms with Gasteiger partial charge in [0.05, 0.1) is 12.7 Å². The van der Waals surface area contributed by atoms with Crippen molar-refractivity contribution < 1.29 is 9.47 Å². The Morgan fingerprint density at radius 1 is 1.50 bits per heavy atom. The average molecular weight is 229 g/mol. The van der Waals surface area contributed by atoms with Crippen LogP contribution in [0.2, 0.25) is 0 Å². The molecule has 0 radical (unpaired) electrons. The van der Waals surface area contributed by atoms with Gasteiger partial charge in [-0.3, -0.25) is 0 Å². The van der Waals surface area contributed by atoms with Gasteiger partial charge in [-0.1, -0.05) is 20.3 Å². The van der Waals surface area contributed by atoms with Crippen molar-refractivity contribution in [1.29, 1.82) is 0 Å². The third kappa shape index (κ3) is 4.40. The minimum Gasteiger partial charge on any atom is -0.383 e. The number of rotatable bonds is 8. The van der Waals surface area contributed by atoms with Gasteiger partial charge in [-0.15, -0.1) is 0 Å². The predicted octanol–water partition coefficient (Wildman–Crippen LogP) is 2.06. The summed E-state index contributed by atoms with van der Waals surface area (Å²) in [6.07, 6.45) is 4.21. The van der Waals surface area contributed by atoms with E-state index in [0.717, 1.165) is 26.3 Å². The monoisotopic (exact) mass is 229 g/mol. The van der Waals surface area contributed by atoms with E-state index in [-0.39, 0.29) is 0 Å². The Labute approximate surface area is 99.9 Å². The molecule has 0 aromatic rings. The zero-order valence-corrected chi connectivity index (χ0v) is 11.0. The van der Waals surface area contributed by atoms with E-state index < -0.39 is 0 Å². The van der Waals surface area contributed by atoms with E-state index in [9.17, 15) is 0 Å². The maximum atomic E-state index is 5.87. The van der Waals surface area contributed by atoms with Crippen LogP contribution in [-0.4, -0.2) is 39.5 Å². The molecule has 0 saturated carbocycles. The van der Waals surface area contributed by atoms with Crippen LogP contribution in [-0.2, 0) is 9.47 Å². The fourth-order valence-corrected chi connectivity index (χ4v) is 2.58. The second-order valence-corrected chi connectivity index (χ2v) is 4.85. The second-order valence-electron chi connectivity index (χ2n) is 4.85. The van der Waals surface area contributed by atoms with Gasteiger partial charge >= 0.3 is 0 Å². The molecule has 1 rings (SSSR count). The van der Waals surface area contributed by atoms with E-state index in [1.54, 1.807) is 7.11 Å². The van der Waals surface area contributed by atoms with E-state index in [0.29, 0.717) is 17.9 Å². The molecule has 0 aliphatic carbocycles. The van der Waals surface area contributed by atoms with Gasteiger partial charge in [0, 0.05) is 26.8 Å². The van der Waals surface area contributed by atoms with Crippen LogP contribution in [0.1, 0.15) is 33.1 Å². The second kappa shape index (κ2) is 8.04. The summed E-state index contributed by atoms with van der Waals surface area (Å²) in [5.74, 6) is 1.39. The number of methoxy groups -OCH3 is 1. The maximum absolute atomic E-state index is 5.87. The van der Waals surface area contributed by atoms with Crippen molar-refractivity contribution in [3.05, 3.63) is 0 Å². The van der Waals surface area contributed by atoms with Crippen molar-refractivity contribution in [3.63, 3.8) is 0 Å². The molecule has 3 nitrogen and oxygen atoms in total. The Balaban J connectivity index is 2.23. The highest BCUT2D eigenvalue weighted by molar-refractivity contribution is 4.81. The lowest BCUT2D eigenvalue weighted by atomic mass is 9.89. The summed E-state index contributed by atoms with van der Waals surface area (Å²) in [6.45, 7) is 8.32. The van der Waals surface area contributed by atoms with Gasteiger partial charge < -0.3 is 14.8 Å². The topological polar surface area (TPSA) is 30.5 Å². The highest BCUT2D eigenvalue weighted by atomic mass is 16.5. The smallest absolute Gasteiger partial charge is 0.0641 e. The first kappa shape index (κ1) is 13.9. The summed E-state index contributed by atoms with van der Waals surface area (Å²) in [6, 6.07) is 0. The van der Waals surface area contributed by atoms with Crippen LogP contribution in [0.25, 0.3) is 0 Å². The van der Waals surface area contributed by atoms with E-state index >= 15 is 0 Å². The molecule has 1 aliphatic rings. The van der Waals surface area contributed by atoms with Gasteiger partial charge in [0.25, 0.3) is 0 Å². The first-order valence-corrected chi connectivity index (χ1v) is 6.60. The van der Waals surface area contributed by atoms with Crippen LogP contribution < -0.4 is 5.32 Å². The van der Waals surface area contributed by atoms with Gasteiger partial charge in [0.15, 0.2) is 0 Å². The van der Waals surface area contributed by atoms with Gasteiger partial charge in [0.2, 0.25) is 0 Å². The van der Waals surface area contributed by atoms with E-state index in [4.69, 9.17) is 9.47 Å². The Hall–Kier alpha value is -0.120. The van der Waals surface area contributed by atoms with Crippen molar-refractivity contribution in [2.45, 2.75) is 39.2 Å². The number of hydrogen-bond donors (Lipinski definition) is 1. The van der Waals surface area contributed by atoms with Crippen molar-refractivity contribution in [3.8, 4) is 0 Å². The first-order chi connectivity index (χ1) is 7.79. The van der Waals surface area contributed by atoms with Crippen molar-refractivity contribution >= 4 is 0 Å². The molecule has 0 aromatic heterocycles. The predicted molar refractivity (Wildman–Crippen MR) is 66.7 cm³/mol. The number of nitrogens with one attached hydrogen (secondary N) is 1. The summed E-state index contributed by atoms with van der Waals surface area (Å²) in [5.41, 5.74) is 0. The molecule has 0 bridgehead atoms. The zero-order valence-electron chi connectivity index (χ0n) is 11.0. The van der Waals surface area contributed by atoms with Crippen LogP contribution in [0.15, 0.2) is 0 Å². The van der Waals surface area contributed by atoms with Crippen LogP contribution in [0.5, 0.6) is 0 Å². The maximum Gasteiger partial charge on any atom is 0.0641 e. The molecule has 1 heterocycles. The summed E-state index contributed by atoms with van der Waals surface area (Å²) < 4.78 is 10.9. The lowest BCUT2D eigenvalue weighted by molar-refractivity contribution is 0.0441. The van der Waals surface area contributed by atoms with E-state index in [1.807, 2.05) is 0 Å². The lowest BCUT2D eigenvalue weighted by Gasteiger charge is -2.24.